The van der Waals surface area contributed by atoms with Crippen molar-refractivity contribution in [1.82, 2.24) is 14.5 Å². The molecule has 3 fully saturated rings. The number of sulfonamides is 1. The van der Waals surface area contributed by atoms with Gasteiger partial charge in [0.05, 0.1) is 5.75 Å². The maximum absolute atomic E-state index is 12.3. The Balaban J connectivity index is 1.51. The van der Waals surface area contributed by atoms with E-state index in [0.717, 1.165) is 45.6 Å². The van der Waals surface area contributed by atoms with E-state index in [9.17, 15) is 8.42 Å². The van der Waals surface area contributed by atoms with Crippen LogP contribution in [0.25, 0.3) is 0 Å². The molecule has 110 valence electrons. The fourth-order valence-corrected chi connectivity index (χ4v) is 4.83. The highest BCUT2D eigenvalue weighted by Crippen LogP contribution is 2.33. The Labute approximate surface area is 116 Å². The summed E-state index contributed by atoms with van der Waals surface area (Å²) < 4.78 is 26.3. The van der Waals surface area contributed by atoms with Crippen molar-refractivity contribution in [3.05, 3.63) is 0 Å². The van der Waals surface area contributed by atoms with Crippen molar-refractivity contribution in [3.63, 3.8) is 0 Å². The van der Waals surface area contributed by atoms with Gasteiger partial charge in [0.15, 0.2) is 0 Å². The lowest BCUT2D eigenvalue weighted by molar-refractivity contribution is 0.179. The number of rotatable bonds is 5. The first-order valence-corrected chi connectivity index (χ1v) is 9.19. The highest BCUT2D eigenvalue weighted by atomic mass is 32.2. The average Bonchev–Trinajstić information content (AvgIpc) is 3.11. The van der Waals surface area contributed by atoms with Gasteiger partial charge in [-0.2, -0.15) is 0 Å². The Bertz CT molecular complexity index is 402. The minimum atomic E-state index is -3.00. The van der Waals surface area contributed by atoms with Gasteiger partial charge in [-0.1, -0.05) is 12.8 Å². The lowest BCUT2D eigenvalue weighted by Gasteiger charge is -2.32. The van der Waals surface area contributed by atoms with E-state index < -0.39 is 10.0 Å². The molecule has 0 amide bonds. The van der Waals surface area contributed by atoms with E-state index in [1.54, 1.807) is 4.31 Å². The summed E-state index contributed by atoms with van der Waals surface area (Å²) in [5.74, 6) is 1.06. The van der Waals surface area contributed by atoms with Crippen LogP contribution in [0.3, 0.4) is 0 Å². The lowest BCUT2D eigenvalue weighted by Crippen LogP contribution is -2.49. The molecular weight excluding hydrogens is 262 g/mol. The zero-order valence-corrected chi connectivity index (χ0v) is 12.4. The van der Waals surface area contributed by atoms with Crippen LogP contribution in [-0.2, 0) is 10.0 Å². The van der Waals surface area contributed by atoms with Gasteiger partial charge < -0.3 is 5.32 Å². The molecule has 1 unspecified atom stereocenters. The topological polar surface area (TPSA) is 52.7 Å². The normalized spacial score (nSPS) is 30.8. The third kappa shape index (κ3) is 3.48. The number of nitrogens with zero attached hydrogens (tertiary/aromatic N) is 2. The van der Waals surface area contributed by atoms with E-state index in [-0.39, 0.29) is 0 Å². The summed E-state index contributed by atoms with van der Waals surface area (Å²) in [6, 6.07) is 0.442. The zero-order chi connectivity index (χ0) is 13.3. The van der Waals surface area contributed by atoms with Crippen molar-refractivity contribution in [3.8, 4) is 0 Å². The summed E-state index contributed by atoms with van der Waals surface area (Å²) in [7, 11) is -3.00. The van der Waals surface area contributed by atoms with Crippen LogP contribution in [0.15, 0.2) is 0 Å². The Kier molecular flexibility index (Phi) is 4.12. The molecule has 0 aromatic rings. The highest BCUT2D eigenvalue weighted by molar-refractivity contribution is 7.89. The summed E-state index contributed by atoms with van der Waals surface area (Å²) in [5.41, 5.74) is 0. The predicted octanol–water partition coefficient (Wildman–Crippen LogP) is 0.0958. The van der Waals surface area contributed by atoms with Gasteiger partial charge in [-0.05, 0) is 18.8 Å². The molecule has 1 aliphatic carbocycles. The van der Waals surface area contributed by atoms with Crippen molar-refractivity contribution >= 4 is 10.0 Å². The van der Waals surface area contributed by atoms with Gasteiger partial charge in [-0.25, -0.2) is 12.7 Å². The summed E-state index contributed by atoms with van der Waals surface area (Å²) >= 11 is 0. The Morgan fingerprint density at radius 3 is 2.47 bits per heavy atom. The quantitative estimate of drug-likeness (QED) is 0.779. The van der Waals surface area contributed by atoms with Crippen LogP contribution in [-0.4, -0.2) is 68.7 Å². The van der Waals surface area contributed by atoms with Gasteiger partial charge >= 0.3 is 0 Å². The van der Waals surface area contributed by atoms with E-state index in [0.29, 0.717) is 24.3 Å². The van der Waals surface area contributed by atoms with E-state index in [1.165, 1.54) is 12.8 Å². The number of hydrogen-bond acceptors (Lipinski definition) is 4. The van der Waals surface area contributed by atoms with Crippen LogP contribution in [0.4, 0.5) is 0 Å². The first-order valence-electron chi connectivity index (χ1n) is 7.58. The van der Waals surface area contributed by atoms with Crippen LogP contribution in [0, 0.1) is 5.92 Å². The second kappa shape index (κ2) is 5.68. The van der Waals surface area contributed by atoms with Crippen molar-refractivity contribution in [1.29, 1.82) is 0 Å². The van der Waals surface area contributed by atoms with E-state index in [1.807, 2.05) is 0 Å². The SMILES string of the molecule is O=S(=O)(CCC1CC1)N1CCC(N2CCNCC2)C1. The molecule has 19 heavy (non-hydrogen) atoms. The Morgan fingerprint density at radius 1 is 1.05 bits per heavy atom. The molecule has 2 heterocycles. The van der Waals surface area contributed by atoms with Crippen LogP contribution >= 0.6 is 0 Å². The summed E-state index contributed by atoms with van der Waals surface area (Å²) in [6.07, 6.45) is 4.34. The fraction of sp³-hybridized carbons (Fsp3) is 1.00. The molecule has 1 atom stereocenters. The number of nitrogens with one attached hydrogen (secondary N) is 1. The first-order chi connectivity index (χ1) is 9.15. The maximum Gasteiger partial charge on any atom is 0.214 e. The van der Waals surface area contributed by atoms with E-state index in [4.69, 9.17) is 0 Å². The third-order valence-corrected chi connectivity index (χ3v) is 6.54. The smallest absolute Gasteiger partial charge is 0.214 e. The minimum Gasteiger partial charge on any atom is -0.314 e. The molecule has 2 aliphatic heterocycles. The summed E-state index contributed by atoms with van der Waals surface area (Å²) in [5, 5.41) is 3.35. The Hall–Kier alpha value is -0.170. The second-order valence-corrected chi connectivity index (χ2v) is 8.22. The summed E-state index contributed by atoms with van der Waals surface area (Å²) in [6.45, 7) is 5.62. The van der Waals surface area contributed by atoms with Gasteiger partial charge in [0.1, 0.15) is 0 Å². The molecule has 0 radical (unpaired) electrons. The highest BCUT2D eigenvalue weighted by Gasteiger charge is 2.35. The largest absolute Gasteiger partial charge is 0.314 e. The van der Waals surface area contributed by atoms with Gasteiger partial charge in [-0.15, -0.1) is 0 Å². The van der Waals surface area contributed by atoms with Crippen molar-refractivity contribution in [2.45, 2.75) is 31.7 Å². The van der Waals surface area contributed by atoms with Crippen LogP contribution in [0.1, 0.15) is 25.7 Å². The van der Waals surface area contributed by atoms with Gasteiger partial charge in [0, 0.05) is 45.3 Å². The van der Waals surface area contributed by atoms with E-state index >= 15 is 0 Å². The molecule has 6 heteroatoms. The molecule has 0 aromatic heterocycles. The molecule has 3 aliphatic rings. The third-order valence-electron chi connectivity index (χ3n) is 4.67. The second-order valence-electron chi connectivity index (χ2n) is 6.13. The molecule has 3 rings (SSSR count). The van der Waals surface area contributed by atoms with Crippen molar-refractivity contribution < 1.29 is 8.42 Å². The fourth-order valence-electron chi connectivity index (χ4n) is 3.16. The monoisotopic (exact) mass is 287 g/mol. The van der Waals surface area contributed by atoms with Gasteiger partial charge in [-0.3, -0.25) is 4.90 Å². The standard InChI is InChI=1S/C13H25N3O2S/c17-19(18,10-4-12-1-2-12)16-7-3-13(11-16)15-8-5-14-6-9-15/h12-14H,1-11H2. The van der Waals surface area contributed by atoms with Crippen molar-refractivity contribution in [2.24, 2.45) is 5.92 Å². The number of piperazine rings is 1. The molecule has 2 saturated heterocycles. The molecule has 5 nitrogen and oxygen atoms in total. The average molecular weight is 287 g/mol. The number of hydrogen-bond donors (Lipinski definition) is 1. The van der Waals surface area contributed by atoms with Gasteiger partial charge in [0.25, 0.3) is 0 Å². The Morgan fingerprint density at radius 2 is 1.79 bits per heavy atom. The molecule has 0 bridgehead atoms. The molecule has 1 saturated carbocycles. The molecular formula is C13H25N3O2S. The maximum atomic E-state index is 12.3. The van der Waals surface area contributed by atoms with Crippen LogP contribution < -0.4 is 5.32 Å². The lowest BCUT2D eigenvalue weighted by atomic mass is 10.2. The van der Waals surface area contributed by atoms with Gasteiger partial charge in [0.2, 0.25) is 10.0 Å². The molecule has 0 spiro atoms. The minimum absolute atomic E-state index is 0.367. The zero-order valence-electron chi connectivity index (χ0n) is 11.6. The summed E-state index contributed by atoms with van der Waals surface area (Å²) in [4.78, 5) is 2.45. The van der Waals surface area contributed by atoms with E-state index in [2.05, 4.69) is 10.2 Å². The first kappa shape index (κ1) is 13.8. The molecule has 1 N–H and O–H groups in total. The van der Waals surface area contributed by atoms with Crippen LogP contribution in [0.2, 0.25) is 0 Å². The predicted molar refractivity (Wildman–Crippen MR) is 75.5 cm³/mol. The van der Waals surface area contributed by atoms with Crippen molar-refractivity contribution in [2.75, 3.05) is 45.0 Å². The van der Waals surface area contributed by atoms with Crippen LogP contribution in [0.5, 0.6) is 0 Å². The molecule has 0 aromatic carbocycles.